The molecule has 0 aromatic carbocycles. The highest BCUT2D eigenvalue weighted by molar-refractivity contribution is 5.66. The maximum absolute atomic E-state index is 11.3. The number of H-pyrrole nitrogens is 1. The Hall–Kier alpha value is -1.52. The molecule has 5 heteroatoms. The van der Waals surface area contributed by atoms with Gasteiger partial charge in [0.2, 0.25) is 0 Å². The van der Waals surface area contributed by atoms with Crippen LogP contribution >= 0.6 is 0 Å². The van der Waals surface area contributed by atoms with Crippen molar-refractivity contribution in [2.75, 3.05) is 0 Å². The third kappa shape index (κ3) is 2.25. The molecule has 0 bridgehead atoms. The summed E-state index contributed by atoms with van der Waals surface area (Å²) >= 11 is 0. The summed E-state index contributed by atoms with van der Waals surface area (Å²) in [6.07, 6.45) is 1.55. The molecular formula is C9H14N2O3. The van der Waals surface area contributed by atoms with E-state index in [1.54, 1.807) is 6.20 Å². The van der Waals surface area contributed by atoms with Crippen molar-refractivity contribution in [3.05, 3.63) is 22.4 Å². The van der Waals surface area contributed by atoms with Gasteiger partial charge >= 0.3 is 11.7 Å². The van der Waals surface area contributed by atoms with Gasteiger partial charge in [0.05, 0.1) is 0 Å². The summed E-state index contributed by atoms with van der Waals surface area (Å²) in [5.74, 6) is -1.02. The van der Waals surface area contributed by atoms with E-state index in [1.807, 2.05) is 20.8 Å². The first-order valence-electron chi connectivity index (χ1n) is 4.32. The minimum absolute atomic E-state index is 0.178. The van der Waals surface area contributed by atoms with E-state index in [-0.39, 0.29) is 17.6 Å². The average molecular weight is 198 g/mol. The molecule has 0 atom stereocenters. The Kier molecular flexibility index (Phi) is 2.51. The van der Waals surface area contributed by atoms with Crippen LogP contribution in [-0.4, -0.2) is 20.6 Å². The number of aliphatic carboxylic acids is 1. The highest BCUT2D eigenvalue weighted by atomic mass is 16.4. The van der Waals surface area contributed by atoms with Crippen molar-refractivity contribution in [1.29, 1.82) is 0 Å². The van der Waals surface area contributed by atoms with Gasteiger partial charge in [0, 0.05) is 17.3 Å². The number of carboxylic acids is 1. The number of rotatable bonds is 2. The molecule has 5 nitrogen and oxygen atoms in total. The summed E-state index contributed by atoms with van der Waals surface area (Å²) in [4.78, 5) is 24.3. The van der Waals surface area contributed by atoms with Crippen molar-refractivity contribution in [1.82, 2.24) is 9.55 Å². The summed E-state index contributed by atoms with van der Waals surface area (Å²) < 4.78 is 1.16. The van der Waals surface area contributed by atoms with Gasteiger partial charge < -0.3 is 10.1 Å². The molecule has 0 aliphatic rings. The summed E-state index contributed by atoms with van der Waals surface area (Å²) in [6.45, 7) is 5.54. The van der Waals surface area contributed by atoms with Crippen LogP contribution in [0.3, 0.4) is 0 Å². The Morgan fingerprint density at radius 3 is 2.50 bits per heavy atom. The Bertz CT molecular complexity index is 395. The predicted octanol–water partition coefficient (Wildman–Crippen LogP) is 0.558. The van der Waals surface area contributed by atoms with E-state index < -0.39 is 5.97 Å². The molecule has 14 heavy (non-hydrogen) atoms. The first kappa shape index (κ1) is 10.6. The second-order valence-corrected chi connectivity index (χ2v) is 4.24. The Labute approximate surface area is 81.4 Å². The molecule has 0 unspecified atom stereocenters. The fourth-order valence-corrected chi connectivity index (χ4v) is 1.08. The fourth-order valence-electron chi connectivity index (χ4n) is 1.08. The van der Waals surface area contributed by atoms with Gasteiger partial charge in [-0.25, -0.2) is 4.79 Å². The third-order valence-corrected chi connectivity index (χ3v) is 1.90. The second-order valence-electron chi connectivity index (χ2n) is 4.24. The van der Waals surface area contributed by atoms with Crippen LogP contribution in [0, 0.1) is 0 Å². The van der Waals surface area contributed by atoms with Crippen molar-refractivity contribution >= 4 is 5.97 Å². The van der Waals surface area contributed by atoms with Crippen LogP contribution in [0.25, 0.3) is 0 Å². The molecule has 0 aliphatic heterocycles. The molecule has 0 aliphatic carbocycles. The topological polar surface area (TPSA) is 75.1 Å². The maximum atomic E-state index is 11.3. The Morgan fingerprint density at radius 2 is 2.14 bits per heavy atom. The monoisotopic (exact) mass is 198 g/mol. The fraction of sp³-hybridized carbons (Fsp3) is 0.556. The molecule has 2 N–H and O–H groups in total. The normalized spacial score (nSPS) is 11.6. The molecule has 0 amide bonds. The van der Waals surface area contributed by atoms with E-state index in [1.165, 1.54) is 0 Å². The van der Waals surface area contributed by atoms with Gasteiger partial charge in [-0.2, -0.15) is 0 Å². The number of hydrogen-bond acceptors (Lipinski definition) is 2. The van der Waals surface area contributed by atoms with Gasteiger partial charge in [0.25, 0.3) is 0 Å². The van der Waals surface area contributed by atoms with Crippen molar-refractivity contribution in [2.24, 2.45) is 0 Å². The molecule has 1 aromatic rings. The van der Waals surface area contributed by atoms with Crippen LogP contribution < -0.4 is 5.69 Å². The molecular weight excluding hydrogens is 184 g/mol. The van der Waals surface area contributed by atoms with E-state index in [0.29, 0.717) is 0 Å². The molecule has 1 rings (SSSR count). The quantitative estimate of drug-likeness (QED) is 0.729. The molecule has 78 valence electrons. The van der Waals surface area contributed by atoms with Crippen molar-refractivity contribution in [3.8, 4) is 0 Å². The highest BCUT2D eigenvalue weighted by Gasteiger charge is 2.17. The standard InChI is InChI=1S/C9H14N2O3/c1-9(2,3)6-4-11(5-7(12)13)8(14)10-6/h4H,5H2,1-3H3,(H,10,14)(H,12,13). The van der Waals surface area contributed by atoms with Gasteiger partial charge in [-0.3, -0.25) is 9.36 Å². The number of nitrogens with one attached hydrogen (secondary N) is 1. The highest BCUT2D eigenvalue weighted by Crippen LogP contribution is 2.18. The molecule has 1 heterocycles. The number of carbonyl (C=O) groups is 1. The van der Waals surface area contributed by atoms with Crippen LogP contribution in [0.1, 0.15) is 26.5 Å². The van der Waals surface area contributed by atoms with E-state index >= 15 is 0 Å². The average Bonchev–Trinajstić information content (AvgIpc) is 2.30. The second kappa shape index (κ2) is 3.32. The molecule has 0 saturated heterocycles. The maximum Gasteiger partial charge on any atom is 0.326 e. The lowest BCUT2D eigenvalue weighted by Crippen LogP contribution is -2.20. The number of aromatic nitrogens is 2. The largest absolute Gasteiger partial charge is 0.480 e. The minimum atomic E-state index is -1.02. The number of nitrogens with zero attached hydrogens (tertiary/aromatic N) is 1. The lowest BCUT2D eigenvalue weighted by atomic mass is 9.93. The van der Waals surface area contributed by atoms with Gasteiger partial charge in [-0.1, -0.05) is 20.8 Å². The third-order valence-electron chi connectivity index (χ3n) is 1.90. The number of hydrogen-bond donors (Lipinski definition) is 2. The Balaban J connectivity index is 3.06. The van der Waals surface area contributed by atoms with Gasteiger partial charge in [-0.05, 0) is 0 Å². The van der Waals surface area contributed by atoms with Crippen LogP contribution in [-0.2, 0) is 16.8 Å². The first-order valence-corrected chi connectivity index (χ1v) is 4.32. The zero-order valence-electron chi connectivity index (χ0n) is 8.50. The number of imidazole rings is 1. The summed E-state index contributed by atoms with van der Waals surface area (Å²) in [6, 6.07) is 0. The predicted molar refractivity (Wildman–Crippen MR) is 51.4 cm³/mol. The molecule has 0 fully saturated rings. The molecule has 0 radical (unpaired) electrons. The summed E-state index contributed by atoms with van der Waals surface area (Å²) in [5, 5.41) is 8.53. The van der Waals surface area contributed by atoms with Gasteiger partial charge in [0.15, 0.2) is 0 Å². The van der Waals surface area contributed by atoms with E-state index in [4.69, 9.17) is 5.11 Å². The zero-order chi connectivity index (χ0) is 10.9. The van der Waals surface area contributed by atoms with E-state index in [9.17, 15) is 9.59 Å². The molecule has 1 aromatic heterocycles. The number of carboxylic acid groups (broad SMARTS) is 1. The van der Waals surface area contributed by atoms with E-state index in [2.05, 4.69) is 4.98 Å². The van der Waals surface area contributed by atoms with Crippen LogP contribution in [0.5, 0.6) is 0 Å². The van der Waals surface area contributed by atoms with Crippen LogP contribution in [0.15, 0.2) is 11.0 Å². The Morgan fingerprint density at radius 1 is 1.57 bits per heavy atom. The lowest BCUT2D eigenvalue weighted by Gasteiger charge is -2.14. The van der Waals surface area contributed by atoms with Crippen LogP contribution in [0.2, 0.25) is 0 Å². The zero-order valence-corrected chi connectivity index (χ0v) is 8.50. The van der Waals surface area contributed by atoms with Gasteiger partial charge in [-0.15, -0.1) is 0 Å². The van der Waals surface area contributed by atoms with Gasteiger partial charge in [0.1, 0.15) is 6.54 Å². The SMILES string of the molecule is CC(C)(C)c1cn(CC(=O)O)c(=O)[nH]1. The number of aromatic amines is 1. The minimum Gasteiger partial charge on any atom is -0.480 e. The lowest BCUT2D eigenvalue weighted by molar-refractivity contribution is -0.137. The van der Waals surface area contributed by atoms with Crippen molar-refractivity contribution in [3.63, 3.8) is 0 Å². The van der Waals surface area contributed by atoms with Crippen molar-refractivity contribution in [2.45, 2.75) is 32.7 Å². The van der Waals surface area contributed by atoms with E-state index in [0.717, 1.165) is 10.3 Å². The molecule has 0 spiro atoms. The summed E-state index contributed by atoms with van der Waals surface area (Å²) in [5.41, 5.74) is 0.184. The smallest absolute Gasteiger partial charge is 0.326 e. The van der Waals surface area contributed by atoms with Crippen molar-refractivity contribution < 1.29 is 9.90 Å². The molecule has 0 saturated carbocycles. The first-order chi connectivity index (χ1) is 6.30. The van der Waals surface area contributed by atoms with Crippen LogP contribution in [0.4, 0.5) is 0 Å². The summed E-state index contributed by atoms with van der Waals surface area (Å²) in [7, 11) is 0.